The van der Waals surface area contributed by atoms with E-state index in [1.165, 1.54) is 17.4 Å². The lowest BCUT2D eigenvalue weighted by Crippen LogP contribution is -2.02. The number of aliphatic hydroxyl groups is 1. The number of hydrogen-bond acceptors (Lipinski definition) is 2. The summed E-state index contributed by atoms with van der Waals surface area (Å²) in [5.74, 6) is -1.74. The lowest BCUT2D eigenvalue weighted by atomic mass is 10.0. The Morgan fingerprint density at radius 1 is 1.24 bits per heavy atom. The van der Waals surface area contributed by atoms with Crippen LogP contribution >= 0.6 is 11.3 Å². The minimum Gasteiger partial charge on any atom is -0.388 e. The molecule has 1 nitrogen and oxygen atoms in total. The van der Waals surface area contributed by atoms with Crippen molar-refractivity contribution in [1.82, 2.24) is 0 Å². The third kappa shape index (κ3) is 2.70. The van der Waals surface area contributed by atoms with E-state index in [4.69, 9.17) is 0 Å². The number of halogens is 2. The van der Waals surface area contributed by atoms with Gasteiger partial charge in [-0.2, -0.15) is 11.3 Å². The smallest absolute Gasteiger partial charge is 0.159 e. The van der Waals surface area contributed by atoms with Gasteiger partial charge in [0.1, 0.15) is 0 Å². The van der Waals surface area contributed by atoms with Crippen molar-refractivity contribution in [2.24, 2.45) is 0 Å². The summed E-state index contributed by atoms with van der Waals surface area (Å²) in [5, 5.41) is 13.8. The topological polar surface area (TPSA) is 20.2 Å². The molecule has 1 heterocycles. The molecule has 2 rings (SSSR count). The molecule has 0 saturated carbocycles. The Morgan fingerprint density at radius 2 is 2.00 bits per heavy atom. The van der Waals surface area contributed by atoms with Gasteiger partial charge in [-0.1, -0.05) is 6.07 Å². The molecule has 17 heavy (non-hydrogen) atoms. The first kappa shape index (κ1) is 12.2. The van der Waals surface area contributed by atoms with Crippen molar-refractivity contribution in [2.75, 3.05) is 0 Å². The van der Waals surface area contributed by atoms with E-state index in [1.807, 2.05) is 17.7 Å². The average Bonchev–Trinajstić information content (AvgIpc) is 2.70. The molecule has 0 amide bonds. The maximum atomic E-state index is 13.0. The highest BCUT2D eigenvalue weighted by Crippen LogP contribution is 2.25. The summed E-state index contributed by atoms with van der Waals surface area (Å²) in [6.07, 6.45) is -0.388. The fraction of sp³-hybridized carbons (Fsp3) is 0.231. The van der Waals surface area contributed by atoms with Gasteiger partial charge in [-0.3, -0.25) is 0 Å². The van der Waals surface area contributed by atoms with Gasteiger partial charge in [0.25, 0.3) is 0 Å². The molecule has 4 heteroatoms. The molecule has 0 spiro atoms. The average molecular weight is 254 g/mol. The third-order valence-corrected chi connectivity index (χ3v) is 3.55. The van der Waals surface area contributed by atoms with Crippen LogP contribution < -0.4 is 0 Å². The van der Waals surface area contributed by atoms with Crippen LogP contribution in [0.5, 0.6) is 0 Å². The van der Waals surface area contributed by atoms with Gasteiger partial charge in [0.2, 0.25) is 0 Å². The molecule has 2 aromatic rings. The molecule has 1 aromatic carbocycles. The monoisotopic (exact) mass is 254 g/mol. The standard InChI is InChI=1S/C13H12F2OS/c1-8-6-17-7-10(8)13(16)5-9-2-3-11(14)12(15)4-9/h2-4,6-7,13,16H,5H2,1H3. The highest BCUT2D eigenvalue weighted by atomic mass is 32.1. The molecule has 1 unspecified atom stereocenters. The number of aliphatic hydroxyl groups excluding tert-OH is 1. The largest absolute Gasteiger partial charge is 0.388 e. The Bertz CT molecular complexity index is 522. The van der Waals surface area contributed by atoms with E-state index in [1.54, 1.807) is 0 Å². The van der Waals surface area contributed by atoms with E-state index in [0.717, 1.165) is 23.3 Å². The summed E-state index contributed by atoms with van der Waals surface area (Å²) in [4.78, 5) is 0. The molecular weight excluding hydrogens is 242 g/mol. The SMILES string of the molecule is Cc1cscc1C(O)Cc1ccc(F)c(F)c1. The molecule has 1 aromatic heterocycles. The van der Waals surface area contributed by atoms with Crippen molar-refractivity contribution in [3.8, 4) is 0 Å². The predicted molar refractivity (Wildman–Crippen MR) is 64.1 cm³/mol. The molecule has 90 valence electrons. The third-order valence-electron chi connectivity index (χ3n) is 2.67. The van der Waals surface area contributed by atoms with Crippen LogP contribution in [0.1, 0.15) is 22.8 Å². The van der Waals surface area contributed by atoms with E-state index in [2.05, 4.69) is 0 Å². The van der Waals surface area contributed by atoms with Crippen LogP contribution in [-0.2, 0) is 6.42 Å². The van der Waals surface area contributed by atoms with Crippen molar-refractivity contribution in [1.29, 1.82) is 0 Å². The summed E-state index contributed by atoms with van der Waals surface area (Å²) in [6, 6.07) is 3.70. The van der Waals surface area contributed by atoms with E-state index in [0.29, 0.717) is 5.56 Å². The summed E-state index contributed by atoms with van der Waals surface area (Å²) < 4.78 is 25.7. The summed E-state index contributed by atoms with van der Waals surface area (Å²) in [6.45, 7) is 1.92. The van der Waals surface area contributed by atoms with Crippen LogP contribution in [0.4, 0.5) is 8.78 Å². The summed E-state index contributed by atoms with van der Waals surface area (Å²) in [7, 11) is 0. The zero-order valence-electron chi connectivity index (χ0n) is 9.28. The van der Waals surface area contributed by atoms with Crippen LogP contribution in [-0.4, -0.2) is 5.11 Å². The minimum absolute atomic E-state index is 0.286. The fourth-order valence-electron chi connectivity index (χ4n) is 1.71. The highest BCUT2D eigenvalue weighted by Gasteiger charge is 2.13. The number of aryl methyl sites for hydroxylation is 1. The van der Waals surface area contributed by atoms with Gasteiger partial charge in [-0.15, -0.1) is 0 Å². The van der Waals surface area contributed by atoms with Crippen molar-refractivity contribution in [3.05, 3.63) is 57.3 Å². The number of rotatable bonds is 3. The lowest BCUT2D eigenvalue weighted by Gasteiger charge is -2.10. The highest BCUT2D eigenvalue weighted by molar-refractivity contribution is 7.08. The van der Waals surface area contributed by atoms with Gasteiger partial charge in [-0.05, 0) is 46.5 Å². The van der Waals surface area contributed by atoms with Crippen LogP contribution in [0.25, 0.3) is 0 Å². The Labute approximate surface area is 102 Å². The van der Waals surface area contributed by atoms with Crippen LogP contribution in [0.3, 0.4) is 0 Å². The molecule has 0 aliphatic carbocycles. The Morgan fingerprint density at radius 3 is 2.59 bits per heavy atom. The van der Waals surface area contributed by atoms with Gasteiger partial charge in [0, 0.05) is 6.42 Å². The van der Waals surface area contributed by atoms with Crippen molar-refractivity contribution in [3.63, 3.8) is 0 Å². The second-order valence-electron chi connectivity index (χ2n) is 3.98. The first-order chi connectivity index (χ1) is 8.08. The Balaban J connectivity index is 2.16. The zero-order chi connectivity index (χ0) is 12.4. The second-order valence-corrected chi connectivity index (χ2v) is 4.72. The van der Waals surface area contributed by atoms with E-state index < -0.39 is 17.7 Å². The second kappa shape index (κ2) is 4.94. The number of hydrogen-bond donors (Lipinski definition) is 1. The van der Waals surface area contributed by atoms with Crippen molar-refractivity contribution >= 4 is 11.3 Å². The van der Waals surface area contributed by atoms with Crippen molar-refractivity contribution < 1.29 is 13.9 Å². The number of thiophene rings is 1. The van der Waals surface area contributed by atoms with Gasteiger partial charge in [-0.25, -0.2) is 8.78 Å². The van der Waals surface area contributed by atoms with Gasteiger partial charge >= 0.3 is 0 Å². The minimum atomic E-state index is -0.878. The van der Waals surface area contributed by atoms with E-state index in [9.17, 15) is 13.9 Å². The fourth-order valence-corrected chi connectivity index (χ4v) is 2.61. The van der Waals surface area contributed by atoms with E-state index in [-0.39, 0.29) is 6.42 Å². The van der Waals surface area contributed by atoms with Gasteiger partial charge < -0.3 is 5.11 Å². The first-order valence-corrected chi connectivity index (χ1v) is 6.17. The van der Waals surface area contributed by atoms with Crippen LogP contribution in [0.15, 0.2) is 29.0 Å². The van der Waals surface area contributed by atoms with Crippen LogP contribution in [0, 0.1) is 18.6 Å². The maximum absolute atomic E-state index is 13.0. The molecule has 0 aliphatic rings. The predicted octanol–water partition coefficient (Wildman–Crippen LogP) is 3.61. The molecule has 0 bridgehead atoms. The molecule has 0 saturated heterocycles. The quantitative estimate of drug-likeness (QED) is 0.887. The lowest BCUT2D eigenvalue weighted by molar-refractivity contribution is 0.178. The maximum Gasteiger partial charge on any atom is 0.159 e. The molecule has 1 atom stereocenters. The number of benzene rings is 1. The summed E-state index contributed by atoms with van der Waals surface area (Å²) >= 11 is 1.52. The Kier molecular flexibility index (Phi) is 3.54. The normalized spacial score (nSPS) is 12.7. The molecule has 0 fully saturated rings. The summed E-state index contributed by atoms with van der Waals surface area (Å²) in [5.41, 5.74) is 2.45. The molecule has 0 aliphatic heterocycles. The molecule has 0 radical (unpaired) electrons. The zero-order valence-corrected chi connectivity index (χ0v) is 10.1. The van der Waals surface area contributed by atoms with Gasteiger partial charge in [0.15, 0.2) is 11.6 Å². The molecular formula is C13H12F2OS. The molecule has 1 N–H and O–H groups in total. The first-order valence-electron chi connectivity index (χ1n) is 5.22. The van der Waals surface area contributed by atoms with Gasteiger partial charge in [0.05, 0.1) is 6.10 Å². The van der Waals surface area contributed by atoms with Crippen LogP contribution in [0.2, 0.25) is 0 Å². The Hall–Kier alpha value is -1.26. The van der Waals surface area contributed by atoms with E-state index >= 15 is 0 Å². The van der Waals surface area contributed by atoms with Crippen molar-refractivity contribution in [2.45, 2.75) is 19.4 Å².